The molecule has 0 saturated heterocycles. The van der Waals surface area contributed by atoms with E-state index in [1.54, 1.807) is 16.8 Å². The van der Waals surface area contributed by atoms with Crippen molar-refractivity contribution in [2.24, 2.45) is 7.05 Å². The minimum Gasteiger partial charge on any atom is -0.394 e. The predicted molar refractivity (Wildman–Crippen MR) is 83.0 cm³/mol. The summed E-state index contributed by atoms with van der Waals surface area (Å²) >= 11 is 0. The zero-order valence-electron chi connectivity index (χ0n) is 12.6. The van der Waals surface area contributed by atoms with Crippen molar-refractivity contribution in [2.45, 2.75) is 6.54 Å². The summed E-state index contributed by atoms with van der Waals surface area (Å²) in [5.74, 6) is 0. The van der Waals surface area contributed by atoms with Gasteiger partial charge in [-0.15, -0.1) is 0 Å². The molecule has 2 rings (SSSR count). The molecule has 0 radical (unpaired) electrons. The van der Waals surface area contributed by atoms with Gasteiger partial charge in [0, 0.05) is 37.5 Å². The number of aliphatic hydroxyl groups is 1. The number of aliphatic hydroxyl groups excluding tert-OH is 1. The van der Waals surface area contributed by atoms with Crippen molar-refractivity contribution in [1.29, 1.82) is 5.26 Å². The maximum atomic E-state index is 8.86. The monoisotopic (exact) mass is 300 g/mol. The van der Waals surface area contributed by atoms with Crippen LogP contribution in [0.1, 0.15) is 11.1 Å². The number of nitrogens with zero attached hydrogens (tertiary/aromatic N) is 3. The first-order valence-corrected chi connectivity index (χ1v) is 7.17. The zero-order chi connectivity index (χ0) is 15.8. The molecular formula is C16H20N4O2. The number of benzene rings is 1. The number of aryl methyl sites for hydroxylation is 1. The quantitative estimate of drug-likeness (QED) is 0.712. The van der Waals surface area contributed by atoms with Gasteiger partial charge in [0.2, 0.25) is 0 Å². The van der Waals surface area contributed by atoms with Gasteiger partial charge in [-0.3, -0.25) is 4.68 Å². The second kappa shape index (κ2) is 8.29. The van der Waals surface area contributed by atoms with Crippen molar-refractivity contribution in [3.8, 4) is 17.3 Å². The maximum absolute atomic E-state index is 8.86. The summed E-state index contributed by atoms with van der Waals surface area (Å²) in [4.78, 5) is 0. The molecule has 0 spiro atoms. The molecule has 22 heavy (non-hydrogen) atoms. The molecule has 0 aliphatic rings. The van der Waals surface area contributed by atoms with Crippen LogP contribution in [0.25, 0.3) is 11.3 Å². The van der Waals surface area contributed by atoms with Gasteiger partial charge in [-0.05, 0) is 12.1 Å². The van der Waals surface area contributed by atoms with Crippen molar-refractivity contribution in [3.63, 3.8) is 0 Å². The number of aromatic nitrogens is 2. The molecule has 0 saturated carbocycles. The van der Waals surface area contributed by atoms with E-state index in [1.165, 1.54) is 0 Å². The van der Waals surface area contributed by atoms with Gasteiger partial charge in [0.1, 0.15) is 0 Å². The number of hydrogen-bond acceptors (Lipinski definition) is 5. The largest absolute Gasteiger partial charge is 0.394 e. The van der Waals surface area contributed by atoms with E-state index in [0.29, 0.717) is 31.9 Å². The molecule has 1 heterocycles. The zero-order valence-corrected chi connectivity index (χ0v) is 12.6. The third-order valence-corrected chi connectivity index (χ3v) is 3.17. The van der Waals surface area contributed by atoms with Crippen LogP contribution >= 0.6 is 0 Å². The molecule has 1 aromatic carbocycles. The third kappa shape index (κ3) is 4.40. The first kappa shape index (κ1) is 16.2. The maximum Gasteiger partial charge on any atom is 0.0991 e. The Morgan fingerprint density at radius 1 is 1.32 bits per heavy atom. The third-order valence-electron chi connectivity index (χ3n) is 3.17. The van der Waals surface area contributed by atoms with Crippen LogP contribution in [-0.2, 0) is 18.3 Å². The molecular weight excluding hydrogens is 280 g/mol. The van der Waals surface area contributed by atoms with Gasteiger partial charge >= 0.3 is 0 Å². The Morgan fingerprint density at radius 3 is 2.77 bits per heavy atom. The summed E-state index contributed by atoms with van der Waals surface area (Å²) in [6.45, 7) is 2.37. The number of hydrogen-bond donors (Lipinski definition) is 2. The molecule has 0 unspecified atom stereocenters. The van der Waals surface area contributed by atoms with Crippen molar-refractivity contribution in [2.75, 3.05) is 26.4 Å². The lowest BCUT2D eigenvalue weighted by atomic mass is 10.1. The number of nitriles is 1. The fourth-order valence-corrected chi connectivity index (χ4v) is 2.15. The van der Waals surface area contributed by atoms with Crippen LogP contribution in [0.5, 0.6) is 0 Å². The molecule has 0 aliphatic carbocycles. The van der Waals surface area contributed by atoms with Crippen molar-refractivity contribution in [3.05, 3.63) is 41.6 Å². The topological polar surface area (TPSA) is 83.1 Å². The van der Waals surface area contributed by atoms with Crippen LogP contribution in [0, 0.1) is 11.3 Å². The SMILES string of the molecule is Cn1cc(CNCCOCCO)c(-c2ccc(C#N)cc2)n1. The predicted octanol–water partition coefficient (Wildman–Crippen LogP) is 1.06. The van der Waals surface area contributed by atoms with Crippen molar-refractivity contribution >= 4 is 0 Å². The highest BCUT2D eigenvalue weighted by molar-refractivity contribution is 5.63. The summed E-state index contributed by atoms with van der Waals surface area (Å²) in [7, 11) is 1.89. The second-order valence-corrected chi connectivity index (χ2v) is 4.88. The van der Waals surface area contributed by atoms with Crippen molar-refractivity contribution < 1.29 is 9.84 Å². The van der Waals surface area contributed by atoms with E-state index < -0.39 is 0 Å². The molecule has 0 atom stereocenters. The fourth-order valence-electron chi connectivity index (χ4n) is 2.15. The van der Waals surface area contributed by atoms with Gasteiger partial charge in [0.15, 0.2) is 0 Å². The van der Waals surface area contributed by atoms with E-state index in [0.717, 1.165) is 16.8 Å². The molecule has 0 bridgehead atoms. The van der Waals surface area contributed by atoms with Gasteiger partial charge in [-0.2, -0.15) is 10.4 Å². The summed E-state index contributed by atoms with van der Waals surface area (Å²) in [6.07, 6.45) is 1.98. The minimum absolute atomic E-state index is 0.0471. The van der Waals surface area contributed by atoms with Gasteiger partial charge in [-0.1, -0.05) is 12.1 Å². The summed E-state index contributed by atoms with van der Waals surface area (Å²) in [6, 6.07) is 9.53. The Balaban J connectivity index is 1.98. The number of ether oxygens (including phenoxy) is 1. The summed E-state index contributed by atoms with van der Waals surface area (Å²) in [5.41, 5.74) is 3.64. The molecule has 116 valence electrons. The smallest absolute Gasteiger partial charge is 0.0991 e. The molecule has 0 amide bonds. The fraction of sp³-hybridized carbons (Fsp3) is 0.375. The molecule has 2 N–H and O–H groups in total. The Labute approximate surface area is 130 Å². The minimum atomic E-state index is 0.0471. The highest BCUT2D eigenvalue weighted by atomic mass is 16.5. The van der Waals surface area contributed by atoms with E-state index in [9.17, 15) is 0 Å². The molecule has 0 aliphatic heterocycles. The van der Waals surface area contributed by atoms with Gasteiger partial charge in [0.05, 0.1) is 37.1 Å². The second-order valence-electron chi connectivity index (χ2n) is 4.88. The van der Waals surface area contributed by atoms with Crippen molar-refractivity contribution in [1.82, 2.24) is 15.1 Å². The molecule has 1 aromatic heterocycles. The van der Waals surface area contributed by atoms with E-state index >= 15 is 0 Å². The molecule has 2 aromatic rings. The Morgan fingerprint density at radius 2 is 2.09 bits per heavy atom. The van der Waals surface area contributed by atoms with Crippen LogP contribution in [-0.4, -0.2) is 41.3 Å². The van der Waals surface area contributed by atoms with Crippen LogP contribution in [0.4, 0.5) is 0 Å². The Hall–Kier alpha value is -2.20. The average molecular weight is 300 g/mol. The first-order valence-electron chi connectivity index (χ1n) is 7.17. The lowest BCUT2D eigenvalue weighted by molar-refractivity contribution is 0.0938. The van der Waals surface area contributed by atoms with E-state index in [4.69, 9.17) is 15.1 Å². The van der Waals surface area contributed by atoms with E-state index in [-0.39, 0.29) is 6.61 Å². The van der Waals surface area contributed by atoms with E-state index in [1.807, 2.05) is 25.4 Å². The van der Waals surface area contributed by atoms with Crippen LogP contribution in [0.2, 0.25) is 0 Å². The van der Waals surface area contributed by atoms with Crippen LogP contribution < -0.4 is 5.32 Å². The summed E-state index contributed by atoms with van der Waals surface area (Å²) in [5, 5.41) is 25.3. The van der Waals surface area contributed by atoms with Gasteiger partial charge in [0.25, 0.3) is 0 Å². The number of nitrogens with one attached hydrogen (secondary N) is 1. The van der Waals surface area contributed by atoms with Gasteiger partial charge in [-0.25, -0.2) is 0 Å². The standard InChI is InChI=1S/C16H20N4O2/c1-20-12-15(11-18-6-8-22-9-7-21)16(19-20)14-4-2-13(10-17)3-5-14/h2-5,12,18,21H,6-9,11H2,1H3. The van der Waals surface area contributed by atoms with Crippen LogP contribution in [0.3, 0.4) is 0 Å². The van der Waals surface area contributed by atoms with E-state index in [2.05, 4.69) is 16.5 Å². The number of rotatable bonds is 8. The lowest BCUT2D eigenvalue weighted by Crippen LogP contribution is -2.20. The highest BCUT2D eigenvalue weighted by Gasteiger charge is 2.09. The average Bonchev–Trinajstić information content (AvgIpc) is 2.91. The van der Waals surface area contributed by atoms with Gasteiger partial charge < -0.3 is 15.2 Å². The Bertz CT molecular complexity index is 629. The first-order chi connectivity index (χ1) is 10.7. The highest BCUT2D eigenvalue weighted by Crippen LogP contribution is 2.22. The molecule has 6 heteroatoms. The van der Waals surface area contributed by atoms with Crippen LogP contribution in [0.15, 0.2) is 30.5 Å². The molecule has 6 nitrogen and oxygen atoms in total. The normalized spacial score (nSPS) is 10.6. The Kier molecular flexibility index (Phi) is 6.10. The lowest BCUT2D eigenvalue weighted by Gasteiger charge is -2.06. The molecule has 0 fully saturated rings. The summed E-state index contributed by atoms with van der Waals surface area (Å²) < 4.78 is 6.99.